The summed E-state index contributed by atoms with van der Waals surface area (Å²) in [6.07, 6.45) is 0.703. The maximum absolute atomic E-state index is 13.4. The molecule has 0 aliphatic heterocycles. The van der Waals surface area contributed by atoms with Crippen molar-refractivity contribution < 1.29 is 23.4 Å². The van der Waals surface area contributed by atoms with Gasteiger partial charge in [-0.25, -0.2) is 8.78 Å². The Morgan fingerprint density at radius 2 is 1.91 bits per heavy atom. The number of rotatable bonds is 7. The van der Waals surface area contributed by atoms with Crippen LogP contribution in [0.15, 0.2) is 48.5 Å². The van der Waals surface area contributed by atoms with E-state index in [-0.39, 0.29) is 18.8 Å². The fraction of sp³-hybridized carbons (Fsp3) is 0.235. The quantitative estimate of drug-likeness (QED) is 0.787. The predicted octanol–water partition coefficient (Wildman–Crippen LogP) is 3.99. The van der Waals surface area contributed by atoms with Crippen molar-refractivity contribution in [2.45, 2.75) is 18.8 Å². The van der Waals surface area contributed by atoms with Crippen LogP contribution in [0.4, 0.5) is 8.78 Å². The first-order chi connectivity index (χ1) is 10.6. The molecule has 2 aromatic carbocycles. The van der Waals surface area contributed by atoms with E-state index in [9.17, 15) is 18.7 Å². The first kappa shape index (κ1) is 15.9. The van der Waals surface area contributed by atoms with Crippen LogP contribution in [0.2, 0.25) is 0 Å². The SMILES string of the molecule is O=C(O)C(CCCOc1ccccc1F)c1cccc(F)c1. The average molecular weight is 306 g/mol. The topological polar surface area (TPSA) is 46.5 Å². The molecule has 0 saturated heterocycles. The highest BCUT2D eigenvalue weighted by atomic mass is 19.1. The Hall–Kier alpha value is -2.43. The normalized spacial score (nSPS) is 11.9. The lowest BCUT2D eigenvalue weighted by Crippen LogP contribution is -2.13. The molecule has 2 rings (SSSR count). The van der Waals surface area contributed by atoms with Gasteiger partial charge >= 0.3 is 5.97 Å². The van der Waals surface area contributed by atoms with Crippen LogP contribution in [0.1, 0.15) is 24.3 Å². The molecule has 5 heteroatoms. The Kier molecular flexibility index (Phi) is 5.47. The number of halogens is 2. The first-order valence-corrected chi connectivity index (χ1v) is 6.93. The third kappa shape index (κ3) is 4.28. The van der Waals surface area contributed by atoms with Gasteiger partial charge in [-0.1, -0.05) is 24.3 Å². The van der Waals surface area contributed by atoms with E-state index in [1.165, 1.54) is 30.3 Å². The summed E-state index contributed by atoms with van der Waals surface area (Å²) >= 11 is 0. The fourth-order valence-corrected chi connectivity index (χ4v) is 2.19. The molecule has 0 radical (unpaired) electrons. The summed E-state index contributed by atoms with van der Waals surface area (Å²) in [5.74, 6) is -2.61. The number of carboxylic acids is 1. The molecule has 1 unspecified atom stereocenters. The number of hydrogen-bond donors (Lipinski definition) is 1. The van der Waals surface area contributed by atoms with E-state index in [1.807, 2.05) is 0 Å². The number of hydrogen-bond acceptors (Lipinski definition) is 2. The van der Waals surface area contributed by atoms with E-state index in [0.717, 1.165) is 0 Å². The van der Waals surface area contributed by atoms with Crippen LogP contribution in [0.3, 0.4) is 0 Å². The van der Waals surface area contributed by atoms with Crippen molar-refractivity contribution in [2.75, 3.05) is 6.61 Å². The minimum atomic E-state index is -1.02. The van der Waals surface area contributed by atoms with E-state index in [0.29, 0.717) is 12.0 Å². The largest absolute Gasteiger partial charge is 0.491 e. The van der Waals surface area contributed by atoms with Gasteiger partial charge in [-0.2, -0.15) is 0 Å². The zero-order valence-corrected chi connectivity index (χ0v) is 11.8. The molecule has 0 aliphatic carbocycles. The Balaban J connectivity index is 1.90. The third-order valence-corrected chi connectivity index (χ3v) is 3.28. The summed E-state index contributed by atoms with van der Waals surface area (Å²) in [6.45, 7) is 0.194. The molecule has 3 nitrogen and oxygen atoms in total. The molecule has 0 heterocycles. The maximum Gasteiger partial charge on any atom is 0.310 e. The van der Waals surface area contributed by atoms with Gasteiger partial charge in [-0.05, 0) is 42.7 Å². The Bertz CT molecular complexity index is 643. The highest BCUT2D eigenvalue weighted by Gasteiger charge is 2.19. The lowest BCUT2D eigenvalue weighted by molar-refractivity contribution is -0.139. The molecular formula is C17H16F2O3. The molecule has 116 valence electrons. The van der Waals surface area contributed by atoms with Crippen molar-refractivity contribution in [1.29, 1.82) is 0 Å². The second-order valence-corrected chi connectivity index (χ2v) is 4.87. The molecule has 0 saturated carbocycles. The van der Waals surface area contributed by atoms with Crippen molar-refractivity contribution in [1.82, 2.24) is 0 Å². The second-order valence-electron chi connectivity index (χ2n) is 4.87. The highest BCUT2D eigenvalue weighted by molar-refractivity contribution is 5.76. The molecule has 1 N–H and O–H groups in total. The van der Waals surface area contributed by atoms with Crippen molar-refractivity contribution in [3.63, 3.8) is 0 Å². The van der Waals surface area contributed by atoms with Crippen molar-refractivity contribution in [3.05, 3.63) is 65.7 Å². The molecule has 0 spiro atoms. The number of ether oxygens (including phenoxy) is 1. The molecule has 0 amide bonds. The summed E-state index contributed by atoms with van der Waals surface area (Å²) in [7, 11) is 0. The van der Waals surface area contributed by atoms with E-state index >= 15 is 0 Å². The zero-order valence-electron chi connectivity index (χ0n) is 11.8. The fourth-order valence-electron chi connectivity index (χ4n) is 2.19. The van der Waals surface area contributed by atoms with Gasteiger partial charge in [0.2, 0.25) is 0 Å². The molecule has 0 aliphatic rings. The monoisotopic (exact) mass is 306 g/mol. The summed E-state index contributed by atoms with van der Waals surface area (Å²) < 4.78 is 31.8. The van der Waals surface area contributed by atoms with Gasteiger partial charge in [-0.3, -0.25) is 4.79 Å². The van der Waals surface area contributed by atoms with Crippen LogP contribution in [-0.4, -0.2) is 17.7 Å². The minimum absolute atomic E-state index is 0.139. The van der Waals surface area contributed by atoms with Gasteiger partial charge in [0.25, 0.3) is 0 Å². The molecular weight excluding hydrogens is 290 g/mol. The Morgan fingerprint density at radius 3 is 2.59 bits per heavy atom. The van der Waals surface area contributed by atoms with E-state index in [4.69, 9.17) is 4.74 Å². The van der Waals surface area contributed by atoms with E-state index < -0.39 is 23.5 Å². The number of carboxylic acid groups (broad SMARTS) is 1. The summed E-state index contributed by atoms with van der Waals surface area (Å²) in [5, 5.41) is 9.25. The highest BCUT2D eigenvalue weighted by Crippen LogP contribution is 2.23. The third-order valence-electron chi connectivity index (χ3n) is 3.28. The molecule has 22 heavy (non-hydrogen) atoms. The van der Waals surface area contributed by atoms with Crippen LogP contribution in [0.25, 0.3) is 0 Å². The molecule has 0 aromatic heterocycles. The van der Waals surface area contributed by atoms with E-state index in [2.05, 4.69) is 0 Å². The van der Waals surface area contributed by atoms with Crippen LogP contribution < -0.4 is 4.74 Å². The van der Waals surface area contributed by atoms with Gasteiger partial charge in [0.05, 0.1) is 12.5 Å². The molecule has 2 aromatic rings. The van der Waals surface area contributed by atoms with Crippen LogP contribution in [0.5, 0.6) is 5.75 Å². The number of carbonyl (C=O) groups is 1. The van der Waals surface area contributed by atoms with Gasteiger partial charge in [-0.15, -0.1) is 0 Å². The molecule has 1 atom stereocenters. The number of benzene rings is 2. The minimum Gasteiger partial charge on any atom is -0.491 e. The lowest BCUT2D eigenvalue weighted by Gasteiger charge is -2.13. The van der Waals surface area contributed by atoms with Crippen molar-refractivity contribution >= 4 is 5.97 Å². The number of para-hydroxylation sites is 1. The van der Waals surface area contributed by atoms with Crippen LogP contribution in [0, 0.1) is 11.6 Å². The standard InChI is InChI=1S/C17H16F2O3/c18-13-6-3-5-12(11-13)14(17(20)21)7-4-10-22-16-9-2-1-8-15(16)19/h1-3,5-6,8-9,11,14H,4,7,10H2,(H,20,21). The Labute approximate surface area is 127 Å². The van der Waals surface area contributed by atoms with Crippen LogP contribution in [-0.2, 0) is 4.79 Å². The van der Waals surface area contributed by atoms with Crippen LogP contribution >= 0.6 is 0 Å². The first-order valence-electron chi connectivity index (χ1n) is 6.93. The van der Waals surface area contributed by atoms with Gasteiger partial charge in [0, 0.05) is 0 Å². The van der Waals surface area contributed by atoms with Crippen molar-refractivity contribution in [3.8, 4) is 5.75 Å². The summed E-state index contributed by atoms with van der Waals surface area (Å²) in [5.41, 5.74) is 0.415. The van der Waals surface area contributed by atoms with Gasteiger partial charge in [0.1, 0.15) is 5.82 Å². The van der Waals surface area contributed by atoms with Gasteiger partial charge < -0.3 is 9.84 Å². The average Bonchev–Trinajstić information content (AvgIpc) is 2.48. The summed E-state index contributed by atoms with van der Waals surface area (Å²) in [6, 6.07) is 11.6. The van der Waals surface area contributed by atoms with E-state index in [1.54, 1.807) is 18.2 Å². The lowest BCUT2D eigenvalue weighted by atomic mass is 9.94. The number of aliphatic carboxylic acids is 1. The maximum atomic E-state index is 13.4. The smallest absolute Gasteiger partial charge is 0.310 e. The molecule has 0 bridgehead atoms. The summed E-state index contributed by atoms with van der Waals surface area (Å²) in [4.78, 5) is 11.3. The predicted molar refractivity (Wildman–Crippen MR) is 77.9 cm³/mol. The van der Waals surface area contributed by atoms with Gasteiger partial charge in [0.15, 0.2) is 11.6 Å². The Morgan fingerprint density at radius 1 is 1.14 bits per heavy atom. The van der Waals surface area contributed by atoms with Crippen molar-refractivity contribution in [2.24, 2.45) is 0 Å². The zero-order chi connectivity index (χ0) is 15.9. The molecule has 0 fully saturated rings. The second kappa shape index (κ2) is 7.54.